The quantitative estimate of drug-likeness (QED) is 0.0893. The van der Waals surface area contributed by atoms with Crippen molar-refractivity contribution in [1.82, 2.24) is 0 Å². The number of hydrogen-bond donors (Lipinski definition) is 0. The number of hydrogen-bond acceptors (Lipinski definition) is 0. The molecule has 0 saturated heterocycles. The molecule has 0 bridgehead atoms. The molecule has 0 aliphatic rings. The maximum absolute atomic E-state index is 2.48. The fourth-order valence-electron chi connectivity index (χ4n) is 6.82. The summed E-state index contributed by atoms with van der Waals surface area (Å²) in [6, 6.07) is 67.9. The predicted molar refractivity (Wildman–Crippen MR) is 218 cm³/mol. The topological polar surface area (TPSA) is 0 Å². The molecule has 48 heavy (non-hydrogen) atoms. The Bertz CT molecular complexity index is 1420. The zero-order valence-corrected chi connectivity index (χ0v) is 30.8. The maximum Gasteiger partial charge on any atom is -0.0195 e. The molecule has 242 valence electrons. The summed E-state index contributed by atoms with van der Waals surface area (Å²) in [5.41, 5.74) is 0.262. The Labute approximate surface area is 293 Å². The van der Waals surface area contributed by atoms with Crippen molar-refractivity contribution in [1.29, 1.82) is 0 Å². The van der Waals surface area contributed by atoms with Crippen LogP contribution < -0.4 is 31.8 Å². The first kappa shape index (κ1) is 34.5. The minimum Gasteiger partial charge on any atom is -0.0649 e. The van der Waals surface area contributed by atoms with Gasteiger partial charge in [-0.1, -0.05) is 195 Å². The van der Waals surface area contributed by atoms with Gasteiger partial charge in [-0.25, -0.2) is 0 Å². The molecule has 0 amide bonds. The zero-order chi connectivity index (χ0) is 32.9. The van der Waals surface area contributed by atoms with Gasteiger partial charge in [0.25, 0.3) is 0 Å². The molecular formula is C45H47P3. The van der Waals surface area contributed by atoms with Crippen LogP contribution >= 0.6 is 23.8 Å². The van der Waals surface area contributed by atoms with E-state index < -0.39 is 23.8 Å². The summed E-state index contributed by atoms with van der Waals surface area (Å²) in [5, 5.41) is 8.97. The summed E-state index contributed by atoms with van der Waals surface area (Å²) in [4.78, 5) is 0. The van der Waals surface area contributed by atoms with E-state index >= 15 is 0 Å². The van der Waals surface area contributed by atoms with Gasteiger partial charge in [-0.2, -0.15) is 0 Å². The molecule has 3 heteroatoms. The van der Waals surface area contributed by atoms with Gasteiger partial charge in [-0.15, -0.1) is 0 Å². The third-order valence-corrected chi connectivity index (χ3v) is 17.3. The van der Waals surface area contributed by atoms with Crippen molar-refractivity contribution < 1.29 is 0 Å². The van der Waals surface area contributed by atoms with E-state index in [-0.39, 0.29) is 5.41 Å². The van der Waals surface area contributed by atoms with E-state index in [2.05, 4.69) is 189 Å². The molecule has 6 aromatic carbocycles. The normalized spacial score (nSPS) is 11.8. The minimum atomic E-state index is -0.438. The Morgan fingerprint density at radius 1 is 0.312 bits per heavy atom. The van der Waals surface area contributed by atoms with E-state index in [1.165, 1.54) is 76.0 Å². The maximum atomic E-state index is 2.48. The average Bonchev–Trinajstić information content (AvgIpc) is 3.17. The lowest BCUT2D eigenvalue weighted by Crippen LogP contribution is -2.28. The first-order chi connectivity index (χ1) is 23.7. The number of rotatable bonds is 16. The van der Waals surface area contributed by atoms with Crippen molar-refractivity contribution in [2.75, 3.05) is 18.5 Å². The van der Waals surface area contributed by atoms with Crippen molar-refractivity contribution in [3.63, 3.8) is 0 Å². The third-order valence-electron chi connectivity index (χ3n) is 9.75. The van der Waals surface area contributed by atoms with Gasteiger partial charge in [0.2, 0.25) is 0 Å². The van der Waals surface area contributed by atoms with Crippen LogP contribution in [0.2, 0.25) is 0 Å². The van der Waals surface area contributed by atoms with Gasteiger partial charge >= 0.3 is 0 Å². The summed E-state index contributed by atoms with van der Waals surface area (Å²) < 4.78 is 0. The molecule has 0 aromatic heterocycles. The first-order valence-electron chi connectivity index (χ1n) is 17.4. The van der Waals surface area contributed by atoms with Crippen LogP contribution in [0.1, 0.15) is 32.6 Å². The first-order valence-corrected chi connectivity index (χ1v) is 22.0. The van der Waals surface area contributed by atoms with Gasteiger partial charge in [-0.3, -0.25) is 0 Å². The molecular weight excluding hydrogens is 633 g/mol. The lowest BCUT2D eigenvalue weighted by atomic mass is 9.77. The van der Waals surface area contributed by atoms with Crippen LogP contribution in [0, 0.1) is 5.41 Å². The molecule has 0 aliphatic heterocycles. The predicted octanol–water partition coefficient (Wildman–Crippen LogP) is 9.95. The summed E-state index contributed by atoms with van der Waals surface area (Å²) in [6.07, 6.45) is 8.62. The van der Waals surface area contributed by atoms with Gasteiger partial charge < -0.3 is 0 Å². The molecule has 0 nitrogen and oxygen atoms in total. The minimum absolute atomic E-state index is 0.262. The van der Waals surface area contributed by atoms with Crippen LogP contribution in [0.15, 0.2) is 182 Å². The van der Waals surface area contributed by atoms with Gasteiger partial charge in [0, 0.05) is 0 Å². The highest BCUT2D eigenvalue weighted by Gasteiger charge is 2.32. The van der Waals surface area contributed by atoms with Crippen LogP contribution in [-0.2, 0) is 0 Å². The Morgan fingerprint density at radius 3 is 0.667 bits per heavy atom. The fourth-order valence-corrected chi connectivity index (χ4v) is 14.6. The Hall–Kier alpha value is -3.39. The highest BCUT2D eigenvalue weighted by molar-refractivity contribution is 7.73. The molecule has 0 aliphatic carbocycles. The molecule has 0 spiro atoms. The van der Waals surface area contributed by atoms with Gasteiger partial charge in [0.1, 0.15) is 0 Å². The lowest BCUT2D eigenvalue weighted by Gasteiger charge is -2.37. The lowest BCUT2D eigenvalue weighted by molar-refractivity contribution is 0.246. The summed E-state index contributed by atoms with van der Waals surface area (Å²) in [7, 11) is -1.31. The van der Waals surface area contributed by atoms with E-state index in [9.17, 15) is 0 Å². The monoisotopic (exact) mass is 680 g/mol. The Kier molecular flexibility index (Phi) is 12.8. The molecule has 0 atom stereocenters. The molecule has 0 fully saturated rings. The van der Waals surface area contributed by atoms with Crippen molar-refractivity contribution in [3.05, 3.63) is 182 Å². The highest BCUT2D eigenvalue weighted by atomic mass is 31.1. The highest BCUT2D eigenvalue weighted by Crippen LogP contribution is 2.48. The van der Waals surface area contributed by atoms with E-state index in [0.717, 1.165) is 0 Å². The van der Waals surface area contributed by atoms with Crippen LogP contribution in [0.25, 0.3) is 0 Å². The van der Waals surface area contributed by atoms with E-state index in [0.29, 0.717) is 0 Å². The largest absolute Gasteiger partial charge is 0.0649 e. The summed E-state index contributed by atoms with van der Waals surface area (Å²) in [6.45, 7) is 2.48. The molecule has 6 rings (SSSR count). The standard InChI is InChI=1S/C45H47P3/c1-2-45(33-36-46(39-21-9-3-10-22-39)40-23-11-4-12-24-40,34-37-47(41-25-13-5-14-26-41)42-27-15-6-16-28-42)35-38-48(43-29-17-7-18-30-43)44-31-19-8-20-32-44/h3-32H,2,33-38H2,1H3. The van der Waals surface area contributed by atoms with Gasteiger partial charge in [-0.05, 0) is 98.8 Å². The molecule has 0 radical (unpaired) electrons. The zero-order valence-electron chi connectivity index (χ0n) is 28.1. The van der Waals surface area contributed by atoms with Crippen LogP contribution in [0.4, 0.5) is 0 Å². The van der Waals surface area contributed by atoms with Gasteiger partial charge in [0.05, 0.1) is 0 Å². The molecule has 6 aromatic rings. The second-order valence-electron chi connectivity index (χ2n) is 12.6. The van der Waals surface area contributed by atoms with Gasteiger partial charge in [0.15, 0.2) is 0 Å². The Morgan fingerprint density at radius 2 is 0.500 bits per heavy atom. The molecule has 0 unspecified atom stereocenters. The molecule has 0 saturated carbocycles. The van der Waals surface area contributed by atoms with Crippen molar-refractivity contribution in [2.45, 2.75) is 32.6 Å². The second kappa shape index (κ2) is 17.8. The van der Waals surface area contributed by atoms with E-state index in [4.69, 9.17) is 0 Å². The molecule has 0 heterocycles. The van der Waals surface area contributed by atoms with Crippen LogP contribution in [0.5, 0.6) is 0 Å². The molecule has 0 N–H and O–H groups in total. The smallest absolute Gasteiger partial charge is 0.0195 e. The van der Waals surface area contributed by atoms with Crippen molar-refractivity contribution >= 4 is 55.6 Å². The Balaban J connectivity index is 1.33. The third kappa shape index (κ3) is 9.19. The number of benzene rings is 6. The van der Waals surface area contributed by atoms with Crippen molar-refractivity contribution in [2.24, 2.45) is 5.41 Å². The fraction of sp³-hybridized carbons (Fsp3) is 0.200. The SMILES string of the molecule is CCC(CCP(c1ccccc1)c1ccccc1)(CCP(c1ccccc1)c1ccccc1)CCP(c1ccccc1)c1ccccc1. The van der Waals surface area contributed by atoms with Crippen LogP contribution in [0.3, 0.4) is 0 Å². The van der Waals surface area contributed by atoms with Crippen LogP contribution in [-0.4, -0.2) is 18.5 Å². The van der Waals surface area contributed by atoms with E-state index in [1.807, 2.05) is 0 Å². The van der Waals surface area contributed by atoms with Crippen molar-refractivity contribution in [3.8, 4) is 0 Å². The summed E-state index contributed by atoms with van der Waals surface area (Å²) in [5.74, 6) is 0. The summed E-state index contributed by atoms with van der Waals surface area (Å²) >= 11 is 0. The average molecular weight is 681 g/mol. The van der Waals surface area contributed by atoms with E-state index in [1.54, 1.807) is 0 Å². The second-order valence-corrected chi connectivity index (χ2v) is 19.6.